The summed E-state index contributed by atoms with van der Waals surface area (Å²) in [7, 11) is 0. The molecule has 0 saturated carbocycles. The predicted octanol–water partition coefficient (Wildman–Crippen LogP) is 2.51. The Kier molecular flexibility index (Phi) is 4.02. The fraction of sp³-hybridized carbons (Fsp3) is 0.538. The molecule has 2 rings (SSSR count). The number of carbonyl (C=O) groups excluding carboxylic acids is 1. The Balaban J connectivity index is 2.28. The van der Waals surface area contributed by atoms with E-state index in [2.05, 4.69) is 9.98 Å². The Morgan fingerprint density at radius 2 is 2.29 bits per heavy atom. The molecule has 0 atom stereocenters. The number of isocyanates is 1. The van der Waals surface area contributed by atoms with Gasteiger partial charge in [0.15, 0.2) is 0 Å². The molecule has 1 aliphatic heterocycles. The van der Waals surface area contributed by atoms with Crippen molar-refractivity contribution in [3.63, 3.8) is 0 Å². The summed E-state index contributed by atoms with van der Waals surface area (Å²) in [6.07, 6.45) is 6.30. The smallest absolute Gasteiger partial charge is 0.240 e. The summed E-state index contributed by atoms with van der Waals surface area (Å²) >= 11 is 0. The first-order valence-electron chi connectivity index (χ1n) is 5.99. The van der Waals surface area contributed by atoms with Crippen molar-refractivity contribution >= 4 is 11.8 Å². The standard InChI is InChI=1S/C13H16N2O2/c1-2-12-13(15-9-16)7-11(8-14-12)10-3-5-17-6-4-10/h7-8,10H,2-6H2,1H3. The van der Waals surface area contributed by atoms with Crippen LogP contribution >= 0.6 is 0 Å². The summed E-state index contributed by atoms with van der Waals surface area (Å²) in [5.41, 5.74) is 2.66. The fourth-order valence-corrected chi connectivity index (χ4v) is 2.17. The fourth-order valence-electron chi connectivity index (χ4n) is 2.17. The van der Waals surface area contributed by atoms with Gasteiger partial charge in [0.25, 0.3) is 0 Å². The summed E-state index contributed by atoms with van der Waals surface area (Å²) in [5, 5.41) is 0. The van der Waals surface area contributed by atoms with Gasteiger partial charge < -0.3 is 4.74 Å². The van der Waals surface area contributed by atoms with Crippen molar-refractivity contribution in [2.24, 2.45) is 4.99 Å². The third-order valence-corrected chi connectivity index (χ3v) is 3.16. The second-order valence-corrected chi connectivity index (χ2v) is 4.18. The number of aromatic nitrogens is 1. The van der Waals surface area contributed by atoms with Crippen molar-refractivity contribution in [1.82, 2.24) is 4.98 Å². The average Bonchev–Trinajstić information content (AvgIpc) is 2.40. The predicted molar refractivity (Wildman–Crippen MR) is 64.2 cm³/mol. The van der Waals surface area contributed by atoms with Crippen molar-refractivity contribution in [2.75, 3.05) is 13.2 Å². The van der Waals surface area contributed by atoms with Crippen molar-refractivity contribution in [3.8, 4) is 0 Å². The molecular formula is C13H16N2O2. The number of aliphatic imine (C=N–C) groups is 1. The third-order valence-electron chi connectivity index (χ3n) is 3.16. The number of aryl methyl sites for hydroxylation is 1. The van der Waals surface area contributed by atoms with Gasteiger partial charge in [-0.1, -0.05) is 6.92 Å². The molecule has 0 bridgehead atoms. The summed E-state index contributed by atoms with van der Waals surface area (Å²) in [5.74, 6) is 0.475. The van der Waals surface area contributed by atoms with Crippen LogP contribution in [-0.4, -0.2) is 24.3 Å². The van der Waals surface area contributed by atoms with Gasteiger partial charge in [0.1, 0.15) is 0 Å². The molecular weight excluding hydrogens is 216 g/mol. The summed E-state index contributed by atoms with van der Waals surface area (Å²) in [6, 6.07) is 1.96. The van der Waals surface area contributed by atoms with Crippen LogP contribution in [0.3, 0.4) is 0 Å². The summed E-state index contributed by atoms with van der Waals surface area (Å²) < 4.78 is 5.34. The molecule has 4 heteroatoms. The highest BCUT2D eigenvalue weighted by Gasteiger charge is 2.17. The van der Waals surface area contributed by atoms with Gasteiger partial charge in [-0.25, -0.2) is 4.79 Å². The average molecular weight is 232 g/mol. The maximum absolute atomic E-state index is 10.4. The van der Waals surface area contributed by atoms with E-state index in [1.54, 1.807) is 6.08 Å². The highest BCUT2D eigenvalue weighted by molar-refractivity contribution is 5.53. The van der Waals surface area contributed by atoms with Crippen molar-refractivity contribution in [2.45, 2.75) is 32.1 Å². The Hall–Kier alpha value is -1.51. The molecule has 4 nitrogen and oxygen atoms in total. The lowest BCUT2D eigenvalue weighted by Gasteiger charge is -2.22. The molecule has 0 aliphatic carbocycles. The molecule has 0 N–H and O–H groups in total. The van der Waals surface area contributed by atoms with Crippen LogP contribution < -0.4 is 0 Å². The van der Waals surface area contributed by atoms with E-state index in [4.69, 9.17) is 4.74 Å². The van der Waals surface area contributed by atoms with Crippen LogP contribution in [0.25, 0.3) is 0 Å². The number of nitrogens with zero attached hydrogens (tertiary/aromatic N) is 2. The maximum Gasteiger partial charge on any atom is 0.240 e. The zero-order chi connectivity index (χ0) is 12.1. The second-order valence-electron chi connectivity index (χ2n) is 4.18. The van der Waals surface area contributed by atoms with Crippen LogP contribution in [0.2, 0.25) is 0 Å². The van der Waals surface area contributed by atoms with Crippen LogP contribution in [0.5, 0.6) is 0 Å². The van der Waals surface area contributed by atoms with Crippen LogP contribution in [0.4, 0.5) is 5.69 Å². The van der Waals surface area contributed by atoms with Gasteiger partial charge in [0.05, 0.1) is 11.4 Å². The molecule has 2 heterocycles. The van der Waals surface area contributed by atoms with Gasteiger partial charge >= 0.3 is 0 Å². The van der Waals surface area contributed by atoms with E-state index in [9.17, 15) is 4.79 Å². The van der Waals surface area contributed by atoms with Crippen LogP contribution in [0.15, 0.2) is 17.3 Å². The SMILES string of the molecule is CCc1ncc(C2CCOCC2)cc1N=C=O. The highest BCUT2D eigenvalue weighted by Crippen LogP contribution is 2.29. The lowest BCUT2D eigenvalue weighted by molar-refractivity contribution is 0.0853. The van der Waals surface area contributed by atoms with Gasteiger partial charge in [-0.05, 0) is 36.8 Å². The van der Waals surface area contributed by atoms with E-state index >= 15 is 0 Å². The topological polar surface area (TPSA) is 51.6 Å². The second kappa shape index (κ2) is 5.71. The van der Waals surface area contributed by atoms with Crippen LogP contribution in [-0.2, 0) is 16.0 Å². The van der Waals surface area contributed by atoms with Gasteiger partial charge in [-0.3, -0.25) is 4.98 Å². The molecule has 90 valence electrons. The Morgan fingerprint density at radius 3 is 2.94 bits per heavy atom. The molecule has 0 radical (unpaired) electrons. The molecule has 1 saturated heterocycles. The van der Waals surface area contributed by atoms with Crippen molar-refractivity contribution in [3.05, 3.63) is 23.5 Å². The molecule has 0 unspecified atom stereocenters. The van der Waals surface area contributed by atoms with Crippen molar-refractivity contribution in [1.29, 1.82) is 0 Å². The van der Waals surface area contributed by atoms with E-state index in [1.807, 2.05) is 19.2 Å². The third kappa shape index (κ3) is 2.78. The largest absolute Gasteiger partial charge is 0.381 e. The first-order valence-corrected chi connectivity index (χ1v) is 5.99. The Morgan fingerprint density at radius 1 is 1.53 bits per heavy atom. The minimum atomic E-state index is 0.475. The molecule has 0 aromatic carbocycles. The van der Waals surface area contributed by atoms with Crippen molar-refractivity contribution < 1.29 is 9.53 Å². The van der Waals surface area contributed by atoms with E-state index in [0.717, 1.165) is 43.7 Å². The maximum atomic E-state index is 10.4. The minimum absolute atomic E-state index is 0.475. The van der Waals surface area contributed by atoms with E-state index in [-0.39, 0.29) is 0 Å². The van der Waals surface area contributed by atoms with Crippen LogP contribution in [0, 0.1) is 0 Å². The van der Waals surface area contributed by atoms with Crippen LogP contribution in [0.1, 0.15) is 36.9 Å². The number of rotatable bonds is 3. The number of hydrogen-bond acceptors (Lipinski definition) is 4. The minimum Gasteiger partial charge on any atom is -0.381 e. The monoisotopic (exact) mass is 232 g/mol. The first kappa shape index (κ1) is 12.0. The van der Waals surface area contributed by atoms with Gasteiger partial charge in [-0.2, -0.15) is 4.99 Å². The normalized spacial score (nSPS) is 16.5. The lowest BCUT2D eigenvalue weighted by atomic mass is 9.92. The quantitative estimate of drug-likeness (QED) is 0.594. The molecule has 1 aliphatic rings. The molecule has 17 heavy (non-hydrogen) atoms. The molecule has 1 fully saturated rings. The first-order chi connectivity index (χ1) is 8.35. The zero-order valence-corrected chi connectivity index (χ0v) is 9.98. The molecule has 0 spiro atoms. The van der Waals surface area contributed by atoms with Gasteiger partial charge in [-0.15, -0.1) is 0 Å². The van der Waals surface area contributed by atoms with E-state index in [0.29, 0.717) is 11.6 Å². The zero-order valence-electron chi connectivity index (χ0n) is 9.98. The number of ether oxygens (including phenoxy) is 1. The Labute approximate surface area is 101 Å². The molecule has 0 amide bonds. The highest BCUT2D eigenvalue weighted by atomic mass is 16.5. The lowest BCUT2D eigenvalue weighted by Crippen LogP contribution is -2.14. The molecule has 1 aromatic heterocycles. The summed E-state index contributed by atoms with van der Waals surface area (Å²) in [4.78, 5) is 18.5. The summed E-state index contributed by atoms with van der Waals surface area (Å²) in [6.45, 7) is 3.60. The number of hydrogen-bond donors (Lipinski definition) is 0. The number of pyridine rings is 1. The Bertz CT molecular complexity index is 433. The van der Waals surface area contributed by atoms with Gasteiger partial charge in [0.2, 0.25) is 6.08 Å². The molecule has 1 aromatic rings. The van der Waals surface area contributed by atoms with E-state index in [1.165, 1.54) is 0 Å². The van der Waals surface area contributed by atoms with E-state index < -0.39 is 0 Å². The van der Waals surface area contributed by atoms with Gasteiger partial charge in [0, 0.05) is 19.4 Å².